The lowest BCUT2D eigenvalue weighted by atomic mass is 10.3. The normalized spacial score (nSPS) is 24.4. The minimum Gasteiger partial charge on any atom is -0.379 e. The summed E-state index contributed by atoms with van der Waals surface area (Å²) >= 11 is 0. The molecule has 1 aliphatic heterocycles. The van der Waals surface area contributed by atoms with Gasteiger partial charge in [-0.3, -0.25) is 4.99 Å². The summed E-state index contributed by atoms with van der Waals surface area (Å²) in [6.45, 7) is 4.82. The van der Waals surface area contributed by atoms with E-state index in [1.165, 1.54) is 12.8 Å². The number of ether oxygens (including phenoxy) is 1. The number of rotatable bonds is 7. The fourth-order valence-corrected chi connectivity index (χ4v) is 3.85. The summed E-state index contributed by atoms with van der Waals surface area (Å²) in [6, 6.07) is -0.0230. The second kappa shape index (κ2) is 9.14. The molecule has 1 saturated heterocycles. The lowest BCUT2D eigenvalue weighted by Gasteiger charge is -2.15. The van der Waals surface area contributed by atoms with Crippen molar-refractivity contribution in [2.45, 2.75) is 32.2 Å². The van der Waals surface area contributed by atoms with Gasteiger partial charge in [0.25, 0.3) is 0 Å². The van der Waals surface area contributed by atoms with Crippen LogP contribution in [-0.4, -0.2) is 58.2 Å². The Morgan fingerprint density at radius 1 is 1.33 bits per heavy atom. The van der Waals surface area contributed by atoms with E-state index in [0.29, 0.717) is 25.5 Å². The van der Waals surface area contributed by atoms with Crippen molar-refractivity contribution in [1.82, 2.24) is 10.6 Å². The Morgan fingerprint density at radius 3 is 2.67 bits per heavy atom. The highest BCUT2D eigenvalue weighted by molar-refractivity contribution is 14.0. The lowest BCUT2D eigenvalue weighted by molar-refractivity contribution is 0.131. The molecule has 1 aliphatic carbocycles. The Labute approximate surface area is 144 Å². The number of hydrogen-bond acceptors (Lipinski definition) is 4. The van der Waals surface area contributed by atoms with Crippen molar-refractivity contribution >= 4 is 39.8 Å². The van der Waals surface area contributed by atoms with E-state index in [9.17, 15) is 8.42 Å². The average molecular weight is 431 g/mol. The summed E-state index contributed by atoms with van der Waals surface area (Å²) in [5.74, 6) is 1.93. The Hall–Kier alpha value is -0.0900. The van der Waals surface area contributed by atoms with Crippen molar-refractivity contribution in [2.24, 2.45) is 10.9 Å². The van der Waals surface area contributed by atoms with Crippen LogP contribution in [0.2, 0.25) is 0 Å². The van der Waals surface area contributed by atoms with Crippen molar-refractivity contribution in [2.75, 3.05) is 37.8 Å². The third-order valence-corrected chi connectivity index (χ3v) is 5.24. The molecule has 0 radical (unpaired) electrons. The summed E-state index contributed by atoms with van der Waals surface area (Å²) in [5.41, 5.74) is 0. The molecule has 0 amide bonds. The fraction of sp³-hybridized carbons (Fsp3) is 0.923. The first-order valence-electron chi connectivity index (χ1n) is 7.42. The molecule has 1 unspecified atom stereocenters. The molecule has 0 aromatic heterocycles. The molecule has 0 bridgehead atoms. The van der Waals surface area contributed by atoms with Crippen LogP contribution in [0.5, 0.6) is 0 Å². The molecule has 6 nitrogen and oxygen atoms in total. The van der Waals surface area contributed by atoms with Crippen LogP contribution < -0.4 is 10.6 Å². The third kappa shape index (κ3) is 7.64. The van der Waals surface area contributed by atoms with Crippen LogP contribution in [0.15, 0.2) is 4.99 Å². The highest BCUT2D eigenvalue weighted by Crippen LogP contribution is 2.28. The Kier molecular flexibility index (Phi) is 8.25. The molecule has 2 aliphatic rings. The van der Waals surface area contributed by atoms with Crippen LogP contribution >= 0.6 is 24.0 Å². The number of hydrogen-bond donors (Lipinski definition) is 2. The van der Waals surface area contributed by atoms with Crippen LogP contribution in [0.3, 0.4) is 0 Å². The standard InChI is InChI=1S/C13H25N3O3S.HI/c1-2-14-13(15-6-7-19-9-11-3-4-11)16-12-5-8-20(17,18)10-12;/h11-12H,2-10H2,1H3,(H2,14,15,16);1H. The van der Waals surface area contributed by atoms with Gasteiger partial charge in [-0.2, -0.15) is 0 Å². The number of aliphatic imine (C=N–C) groups is 1. The highest BCUT2D eigenvalue weighted by Gasteiger charge is 2.28. The monoisotopic (exact) mass is 431 g/mol. The maximum absolute atomic E-state index is 11.4. The average Bonchev–Trinajstić information content (AvgIpc) is 3.14. The van der Waals surface area contributed by atoms with Crippen molar-refractivity contribution in [3.8, 4) is 0 Å². The van der Waals surface area contributed by atoms with Gasteiger partial charge in [0.15, 0.2) is 15.8 Å². The van der Waals surface area contributed by atoms with Crippen molar-refractivity contribution in [3.05, 3.63) is 0 Å². The summed E-state index contributed by atoms with van der Waals surface area (Å²) < 4.78 is 28.4. The maximum Gasteiger partial charge on any atom is 0.191 e. The van der Waals surface area contributed by atoms with Gasteiger partial charge in [0.05, 0.1) is 24.7 Å². The van der Waals surface area contributed by atoms with E-state index in [-0.39, 0.29) is 41.5 Å². The molecule has 124 valence electrons. The first-order valence-corrected chi connectivity index (χ1v) is 9.24. The molecule has 8 heteroatoms. The molecular weight excluding hydrogens is 405 g/mol. The van der Waals surface area contributed by atoms with Crippen LogP contribution in [0.25, 0.3) is 0 Å². The van der Waals surface area contributed by atoms with Crippen molar-refractivity contribution < 1.29 is 13.2 Å². The number of guanidine groups is 1. The Balaban J connectivity index is 0.00000220. The van der Waals surface area contributed by atoms with Gasteiger partial charge in [0, 0.05) is 19.2 Å². The van der Waals surface area contributed by atoms with E-state index in [0.717, 1.165) is 19.1 Å². The maximum atomic E-state index is 11.4. The van der Waals surface area contributed by atoms with Crippen LogP contribution in [0.4, 0.5) is 0 Å². The molecule has 21 heavy (non-hydrogen) atoms. The van der Waals surface area contributed by atoms with Crippen LogP contribution in [-0.2, 0) is 14.6 Å². The quantitative estimate of drug-likeness (QED) is 0.270. The van der Waals surface area contributed by atoms with E-state index in [1.54, 1.807) is 0 Å². The van der Waals surface area contributed by atoms with Gasteiger partial charge in [0.2, 0.25) is 0 Å². The Bertz CT molecular complexity index is 438. The van der Waals surface area contributed by atoms with Gasteiger partial charge in [0.1, 0.15) is 0 Å². The zero-order chi connectivity index (χ0) is 14.4. The molecule has 1 heterocycles. The topological polar surface area (TPSA) is 79.8 Å². The number of nitrogens with one attached hydrogen (secondary N) is 2. The molecule has 0 spiro atoms. The largest absolute Gasteiger partial charge is 0.379 e. The predicted octanol–water partition coefficient (Wildman–Crippen LogP) is 0.773. The number of sulfone groups is 1. The molecule has 0 aromatic rings. The van der Waals surface area contributed by atoms with Gasteiger partial charge in [-0.05, 0) is 32.1 Å². The first kappa shape index (κ1) is 19.0. The summed E-state index contributed by atoms with van der Waals surface area (Å²) in [5, 5.41) is 6.33. The Morgan fingerprint density at radius 2 is 2.10 bits per heavy atom. The van der Waals surface area contributed by atoms with E-state index in [1.807, 2.05) is 6.92 Å². The van der Waals surface area contributed by atoms with E-state index in [4.69, 9.17) is 4.74 Å². The van der Waals surface area contributed by atoms with Gasteiger partial charge in [-0.15, -0.1) is 24.0 Å². The van der Waals surface area contributed by atoms with Crippen LogP contribution in [0.1, 0.15) is 26.2 Å². The molecular formula is C13H26IN3O3S. The van der Waals surface area contributed by atoms with Crippen LogP contribution in [0, 0.1) is 5.92 Å². The summed E-state index contributed by atoms with van der Waals surface area (Å²) in [4.78, 5) is 4.42. The van der Waals surface area contributed by atoms with Gasteiger partial charge < -0.3 is 15.4 Å². The molecule has 0 aromatic carbocycles. The third-order valence-electron chi connectivity index (χ3n) is 3.47. The molecule has 1 atom stereocenters. The fourth-order valence-electron chi connectivity index (χ4n) is 2.18. The number of nitrogens with zero attached hydrogens (tertiary/aromatic N) is 1. The number of halogens is 1. The summed E-state index contributed by atoms with van der Waals surface area (Å²) in [7, 11) is -2.86. The smallest absolute Gasteiger partial charge is 0.191 e. The van der Waals surface area contributed by atoms with Crippen molar-refractivity contribution in [1.29, 1.82) is 0 Å². The van der Waals surface area contributed by atoms with Gasteiger partial charge >= 0.3 is 0 Å². The molecule has 2 N–H and O–H groups in total. The lowest BCUT2D eigenvalue weighted by Crippen LogP contribution is -2.44. The minimum absolute atomic E-state index is 0. The first-order chi connectivity index (χ1) is 9.59. The minimum atomic E-state index is -2.86. The molecule has 2 fully saturated rings. The highest BCUT2D eigenvalue weighted by atomic mass is 127. The second-order valence-corrected chi connectivity index (χ2v) is 7.75. The summed E-state index contributed by atoms with van der Waals surface area (Å²) in [6.07, 6.45) is 3.25. The zero-order valence-corrected chi connectivity index (χ0v) is 15.7. The van der Waals surface area contributed by atoms with Gasteiger partial charge in [-0.1, -0.05) is 0 Å². The van der Waals surface area contributed by atoms with Gasteiger partial charge in [-0.25, -0.2) is 8.42 Å². The van der Waals surface area contributed by atoms with E-state index in [2.05, 4.69) is 15.6 Å². The predicted molar refractivity (Wildman–Crippen MR) is 95.1 cm³/mol. The molecule has 1 saturated carbocycles. The van der Waals surface area contributed by atoms with Crippen molar-refractivity contribution in [3.63, 3.8) is 0 Å². The second-order valence-electron chi connectivity index (χ2n) is 5.52. The van der Waals surface area contributed by atoms with E-state index < -0.39 is 9.84 Å². The van der Waals surface area contributed by atoms with E-state index >= 15 is 0 Å². The zero-order valence-electron chi connectivity index (χ0n) is 12.5. The SMILES string of the molecule is CCNC(=NCCOCC1CC1)NC1CCS(=O)(=O)C1.I. The molecule has 2 rings (SSSR count).